The van der Waals surface area contributed by atoms with Crippen LogP contribution in [0, 0.1) is 0 Å². The third-order valence-corrected chi connectivity index (χ3v) is 7.73. The summed E-state index contributed by atoms with van der Waals surface area (Å²) in [5.41, 5.74) is 3.69. The zero-order chi connectivity index (χ0) is 27.7. The van der Waals surface area contributed by atoms with Crippen LogP contribution < -0.4 is 14.5 Å². The highest BCUT2D eigenvalue weighted by Crippen LogP contribution is 2.44. The summed E-state index contributed by atoms with van der Waals surface area (Å²) >= 11 is 0. The van der Waals surface area contributed by atoms with E-state index in [9.17, 15) is 14.7 Å². The highest BCUT2D eigenvalue weighted by atomic mass is 16.5. The first-order valence-electron chi connectivity index (χ1n) is 13.6. The molecule has 2 heterocycles. The van der Waals surface area contributed by atoms with E-state index in [2.05, 4.69) is 25.7 Å². The molecule has 0 aromatic heterocycles. The fourth-order valence-electron chi connectivity index (χ4n) is 5.53. The summed E-state index contributed by atoms with van der Waals surface area (Å²) in [5.74, 6) is -1.19. The number of benzene rings is 3. The molecule has 1 N–H and O–H groups in total. The van der Waals surface area contributed by atoms with Gasteiger partial charge in [0.05, 0.1) is 24.3 Å². The molecule has 0 spiro atoms. The minimum atomic E-state index is -0.782. The van der Waals surface area contributed by atoms with E-state index in [1.165, 1.54) is 31.3 Å². The highest BCUT2D eigenvalue weighted by Gasteiger charge is 2.47. The van der Waals surface area contributed by atoms with E-state index in [1.54, 1.807) is 6.07 Å². The molecule has 2 aliphatic heterocycles. The van der Waals surface area contributed by atoms with Crippen molar-refractivity contribution in [2.75, 3.05) is 30.0 Å². The minimum absolute atomic E-state index is 0.0515. The van der Waals surface area contributed by atoms with Crippen LogP contribution in [-0.4, -0.2) is 37.0 Å². The Kier molecular flexibility index (Phi) is 7.21. The number of nitrogens with zero attached hydrogens (tertiary/aromatic N) is 2. The summed E-state index contributed by atoms with van der Waals surface area (Å²) in [6.07, 6.45) is 3.59. The lowest BCUT2D eigenvalue weighted by Crippen LogP contribution is -2.30. The number of piperidine rings is 1. The average Bonchev–Trinajstić information content (AvgIpc) is 3.22. The Morgan fingerprint density at radius 3 is 2.13 bits per heavy atom. The predicted molar refractivity (Wildman–Crippen MR) is 155 cm³/mol. The standard InChI is InChI=1S/C33H36N2O4/c1-33(2,3)23-13-18-27(39-4)26(21-23)30(36)28-29(22-11-7-5-8-12-22)35(32(38)31(28)37)25-16-14-24(15-17-25)34-19-9-6-10-20-34/h5,7-8,11-18,21,29,36H,6,9-10,19-20H2,1-4H3/b30-28+. The second-order valence-corrected chi connectivity index (χ2v) is 11.3. The quantitative estimate of drug-likeness (QED) is 0.231. The van der Waals surface area contributed by atoms with Gasteiger partial charge in [-0.05, 0) is 72.2 Å². The van der Waals surface area contributed by atoms with Crippen LogP contribution >= 0.6 is 0 Å². The molecule has 0 bridgehead atoms. The number of carbonyl (C=O) groups excluding carboxylic acids is 2. The monoisotopic (exact) mass is 524 g/mol. The van der Waals surface area contributed by atoms with Gasteiger partial charge in [0.15, 0.2) is 0 Å². The Hall–Kier alpha value is -4.06. The number of rotatable bonds is 5. The van der Waals surface area contributed by atoms with Crippen LogP contribution in [-0.2, 0) is 15.0 Å². The molecule has 1 amide bonds. The molecule has 202 valence electrons. The van der Waals surface area contributed by atoms with Gasteiger partial charge in [-0.25, -0.2) is 0 Å². The Labute approximate surface area is 230 Å². The third kappa shape index (κ3) is 5.03. The molecule has 1 unspecified atom stereocenters. The fraction of sp³-hybridized carbons (Fsp3) is 0.333. The van der Waals surface area contributed by atoms with Crippen LogP contribution in [0.4, 0.5) is 11.4 Å². The summed E-state index contributed by atoms with van der Waals surface area (Å²) in [7, 11) is 1.53. The second kappa shape index (κ2) is 10.6. The van der Waals surface area contributed by atoms with E-state index in [0.29, 0.717) is 17.0 Å². The highest BCUT2D eigenvalue weighted by molar-refractivity contribution is 6.51. The Balaban J connectivity index is 1.64. The van der Waals surface area contributed by atoms with Crippen LogP contribution in [0.2, 0.25) is 0 Å². The zero-order valence-corrected chi connectivity index (χ0v) is 23.1. The molecule has 3 aromatic carbocycles. The number of anilines is 2. The Morgan fingerprint density at radius 1 is 0.872 bits per heavy atom. The van der Waals surface area contributed by atoms with E-state index in [0.717, 1.165) is 29.9 Å². The number of Topliss-reactive ketones (excluding diaryl/α,β-unsaturated/α-hetero) is 1. The van der Waals surface area contributed by atoms with Gasteiger partial charge in [0, 0.05) is 24.5 Å². The maximum absolute atomic E-state index is 13.6. The first-order chi connectivity index (χ1) is 18.7. The van der Waals surface area contributed by atoms with Crippen LogP contribution in [0.25, 0.3) is 5.76 Å². The number of carbonyl (C=O) groups is 2. The number of methoxy groups -OCH3 is 1. The normalized spacial score (nSPS) is 19.4. The third-order valence-electron chi connectivity index (χ3n) is 7.73. The summed E-state index contributed by atoms with van der Waals surface area (Å²) < 4.78 is 5.57. The molecule has 0 saturated carbocycles. The topological polar surface area (TPSA) is 70.1 Å². The van der Waals surface area contributed by atoms with Gasteiger partial charge in [0.1, 0.15) is 11.5 Å². The van der Waals surface area contributed by atoms with Gasteiger partial charge in [-0.2, -0.15) is 0 Å². The lowest BCUT2D eigenvalue weighted by Gasteiger charge is -2.30. The van der Waals surface area contributed by atoms with E-state index < -0.39 is 17.7 Å². The molecule has 1 atom stereocenters. The van der Waals surface area contributed by atoms with Crippen LogP contribution in [0.3, 0.4) is 0 Å². The maximum Gasteiger partial charge on any atom is 0.300 e. The van der Waals surface area contributed by atoms with Crippen LogP contribution in [0.1, 0.15) is 62.8 Å². The van der Waals surface area contributed by atoms with Crippen molar-refractivity contribution in [3.63, 3.8) is 0 Å². The van der Waals surface area contributed by atoms with Gasteiger partial charge in [-0.1, -0.05) is 57.2 Å². The van der Waals surface area contributed by atoms with Gasteiger partial charge < -0.3 is 14.7 Å². The summed E-state index contributed by atoms with van der Waals surface area (Å²) in [6.45, 7) is 8.27. The lowest BCUT2D eigenvalue weighted by molar-refractivity contribution is -0.132. The fourth-order valence-corrected chi connectivity index (χ4v) is 5.53. The summed E-state index contributed by atoms with van der Waals surface area (Å²) in [4.78, 5) is 31.1. The molecule has 6 heteroatoms. The van der Waals surface area contributed by atoms with Crippen molar-refractivity contribution in [2.45, 2.75) is 51.5 Å². The molecule has 2 saturated heterocycles. The number of hydrogen-bond acceptors (Lipinski definition) is 5. The maximum atomic E-state index is 13.6. The van der Waals surface area contributed by atoms with Gasteiger partial charge in [0.2, 0.25) is 0 Å². The molecule has 0 aliphatic carbocycles. The lowest BCUT2D eigenvalue weighted by atomic mass is 9.85. The van der Waals surface area contributed by atoms with Crippen molar-refractivity contribution in [3.05, 3.63) is 95.1 Å². The predicted octanol–water partition coefficient (Wildman–Crippen LogP) is 6.61. The smallest absolute Gasteiger partial charge is 0.300 e. The van der Waals surface area contributed by atoms with Crippen LogP contribution in [0.15, 0.2) is 78.4 Å². The Morgan fingerprint density at radius 2 is 1.51 bits per heavy atom. The largest absolute Gasteiger partial charge is 0.507 e. The van der Waals surface area contributed by atoms with E-state index in [4.69, 9.17) is 4.74 Å². The van der Waals surface area contributed by atoms with Crippen LogP contribution in [0.5, 0.6) is 5.75 Å². The molecule has 6 nitrogen and oxygen atoms in total. The van der Waals surface area contributed by atoms with Gasteiger partial charge in [0.25, 0.3) is 11.7 Å². The molecule has 5 rings (SSSR count). The molecular formula is C33H36N2O4. The van der Waals surface area contributed by atoms with Crippen molar-refractivity contribution in [2.24, 2.45) is 0 Å². The van der Waals surface area contributed by atoms with E-state index in [-0.39, 0.29) is 16.7 Å². The van der Waals surface area contributed by atoms with Gasteiger partial charge in [-0.3, -0.25) is 14.5 Å². The molecular weight excluding hydrogens is 488 g/mol. The van der Waals surface area contributed by atoms with Crippen molar-refractivity contribution in [1.29, 1.82) is 0 Å². The number of amides is 1. The van der Waals surface area contributed by atoms with E-state index in [1.807, 2.05) is 66.7 Å². The number of ketones is 1. The number of ether oxygens (including phenoxy) is 1. The zero-order valence-electron chi connectivity index (χ0n) is 23.1. The number of hydrogen-bond donors (Lipinski definition) is 1. The minimum Gasteiger partial charge on any atom is -0.507 e. The Bertz CT molecular complexity index is 1400. The average molecular weight is 525 g/mol. The number of aliphatic hydroxyl groups is 1. The molecule has 39 heavy (non-hydrogen) atoms. The van der Waals surface area contributed by atoms with Crippen molar-refractivity contribution in [1.82, 2.24) is 0 Å². The van der Waals surface area contributed by atoms with Crippen molar-refractivity contribution in [3.8, 4) is 5.75 Å². The van der Waals surface area contributed by atoms with Crippen molar-refractivity contribution >= 4 is 28.8 Å². The van der Waals surface area contributed by atoms with Crippen molar-refractivity contribution < 1.29 is 19.4 Å². The molecule has 3 aromatic rings. The van der Waals surface area contributed by atoms with Gasteiger partial charge >= 0.3 is 0 Å². The molecule has 2 fully saturated rings. The number of aliphatic hydroxyl groups excluding tert-OH is 1. The summed E-state index contributed by atoms with van der Waals surface area (Å²) in [6, 6.07) is 22.0. The molecule has 0 radical (unpaired) electrons. The first kappa shape index (κ1) is 26.5. The molecule has 2 aliphatic rings. The first-order valence-corrected chi connectivity index (χ1v) is 13.6. The second-order valence-electron chi connectivity index (χ2n) is 11.3. The van der Waals surface area contributed by atoms with E-state index >= 15 is 0 Å². The SMILES string of the molecule is COc1ccc(C(C)(C)C)cc1/C(O)=C1\C(=O)C(=O)N(c2ccc(N3CCCCC3)cc2)C1c1ccccc1. The van der Waals surface area contributed by atoms with Gasteiger partial charge in [-0.15, -0.1) is 0 Å². The summed E-state index contributed by atoms with van der Waals surface area (Å²) in [5, 5.41) is 11.7.